The largest absolute Gasteiger partial charge is 0.452 e. The fourth-order valence-corrected chi connectivity index (χ4v) is 16.7. The van der Waals surface area contributed by atoms with E-state index in [2.05, 4.69) is 328 Å². The molecule has 2 aliphatic heterocycles. The van der Waals surface area contributed by atoms with Gasteiger partial charge in [0.15, 0.2) is 11.2 Å². The molecule has 0 unspecified atom stereocenters. The Balaban J connectivity index is 0.979. The minimum Gasteiger partial charge on any atom is -0.452 e. The van der Waals surface area contributed by atoms with Crippen molar-refractivity contribution in [2.24, 2.45) is 0 Å². The second-order valence-electron chi connectivity index (χ2n) is 33.2. The van der Waals surface area contributed by atoms with E-state index in [0.717, 1.165) is 128 Å². The Morgan fingerprint density at radius 2 is 0.698 bits per heavy atom. The Labute approximate surface area is 633 Å². The Bertz CT molecular complexity index is 6760. The molecule has 0 N–H and O–H groups in total. The lowest BCUT2D eigenvalue weighted by Crippen LogP contribution is -2.61. The molecule has 2 aliphatic rings. The third-order valence-electron chi connectivity index (χ3n) is 22.3. The SMILES string of the molecule is [2H]c1c([2H])c([2H])c2c(c1[2H])c1c([2H])c([2H])c([2H])c([2H])c1n2-c1cccc2c1oc1c(N3c4cc(-c5cccc(C(C)(C)C)c5)ccc4B4c5ccc(-c6cccc(C(C)(C)C)c6)cc5N(c5cc(-c6ccccc6)cc(-c6ccccc6)c5)c5cc(-n6c7ccc(C(C)(C)C)cc7c7cc(C(C)(C)C)ccc76)cc3c54)cccc12. The molecule has 3 aromatic heterocycles. The first-order valence-electron chi connectivity index (χ1n) is 41.0. The molecule has 6 heteroatoms. The Morgan fingerprint density at radius 1 is 0.274 bits per heavy atom. The van der Waals surface area contributed by atoms with E-state index < -0.39 is 48.3 Å². The number of furan rings is 1. The molecule has 14 aromatic carbocycles. The molecule has 0 amide bonds. The van der Waals surface area contributed by atoms with Gasteiger partial charge in [0, 0.05) is 60.8 Å². The van der Waals surface area contributed by atoms with Crippen LogP contribution in [0.3, 0.4) is 0 Å². The molecule has 5 nitrogen and oxygen atoms in total. The molecule has 0 saturated heterocycles. The van der Waals surface area contributed by atoms with E-state index in [0.29, 0.717) is 22.2 Å². The lowest BCUT2D eigenvalue weighted by atomic mass is 9.33. The van der Waals surface area contributed by atoms with Crippen molar-refractivity contribution in [1.29, 1.82) is 0 Å². The van der Waals surface area contributed by atoms with Crippen LogP contribution < -0.4 is 26.2 Å². The minimum atomic E-state index is -0.510. The van der Waals surface area contributed by atoms with Gasteiger partial charge in [0.1, 0.15) is 0 Å². The highest BCUT2D eigenvalue weighted by molar-refractivity contribution is 7.00. The van der Waals surface area contributed by atoms with Gasteiger partial charge in [-0.15, -0.1) is 0 Å². The fourth-order valence-electron chi connectivity index (χ4n) is 16.7. The van der Waals surface area contributed by atoms with E-state index in [9.17, 15) is 5.48 Å². The first kappa shape index (κ1) is 56.6. The molecular weight excluding hydrogens is 1280 g/mol. The Morgan fingerprint density at radius 3 is 1.20 bits per heavy atom. The van der Waals surface area contributed by atoms with Crippen molar-refractivity contribution in [2.45, 2.75) is 105 Å². The fraction of sp³-hybridized carbons (Fsp3) is 0.160. The van der Waals surface area contributed by atoms with Crippen LogP contribution in [0.25, 0.3) is 121 Å². The third-order valence-corrected chi connectivity index (χ3v) is 22.3. The van der Waals surface area contributed by atoms with Gasteiger partial charge in [-0.05, 0) is 196 Å². The van der Waals surface area contributed by atoms with Gasteiger partial charge in [0.2, 0.25) is 0 Å². The van der Waals surface area contributed by atoms with Crippen molar-refractivity contribution in [3.8, 4) is 55.9 Å². The van der Waals surface area contributed by atoms with Crippen molar-refractivity contribution >= 4 is 123 Å². The average molecular weight is 1380 g/mol. The van der Waals surface area contributed by atoms with Crippen molar-refractivity contribution < 1.29 is 15.4 Å². The molecule has 0 fully saturated rings. The predicted octanol–water partition coefficient (Wildman–Crippen LogP) is 25.7. The number of nitrogens with zero attached hydrogens (tertiary/aromatic N) is 4. The first-order valence-corrected chi connectivity index (χ1v) is 37.0. The van der Waals surface area contributed by atoms with Gasteiger partial charge < -0.3 is 23.4 Å². The van der Waals surface area contributed by atoms with E-state index in [1.54, 1.807) is 10.6 Å². The number of hydrogen-bond acceptors (Lipinski definition) is 3. The van der Waals surface area contributed by atoms with E-state index >= 15 is 0 Å². The maximum absolute atomic E-state index is 9.64. The number of rotatable bonds is 8. The average Bonchev–Trinajstić information content (AvgIpc) is 1.13. The molecule has 0 spiro atoms. The van der Waals surface area contributed by atoms with Crippen LogP contribution in [0.5, 0.6) is 0 Å². The summed E-state index contributed by atoms with van der Waals surface area (Å²) in [5.41, 5.74) is 26.0. The van der Waals surface area contributed by atoms with Crippen LogP contribution in [0.15, 0.2) is 301 Å². The van der Waals surface area contributed by atoms with E-state index in [1.165, 1.54) is 22.3 Å². The van der Waals surface area contributed by atoms with Crippen LogP contribution >= 0.6 is 0 Å². The number of benzene rings is 14. The molecule has 17 aromatic rings. The number of hydrogen-bond donors (Lipinski definition) is 0. The van der Waals surface area contributed by atoms with Gasteiger partial charge >= 0.3 is 0 Å². The minimum absolute atomic E-state index is 0.00794. The summed E-state index contributed by atoms with van der Waals surface area (Å²) in [7, 11) is 0. The Hall–Kier alpha value is -11.9. The van der Waals surface area contributed by atoms with Gasteiger partial charge in [-0.1, -0.05) is 289 Å². The number of aromatic nitrogens is 2. The molecule has 5 heterocycles. The molecule has 0 aliphatic carbocycles. The smallest absolute Gasteiger partial charge is 0.252 e. The molecule has 514 valence electrons. The summed E-state index contributed by atoms with van der Waals surface area (Å²) in [5, 5.41) is 3.72. The second-order valence-corrected chi connectivity index (χ2v) is 33.2. The zero-order valence-corrected chi connectivity index (χ0v) is 61.9. The quantitative estimate of drug-likeness (QED) is 0.142. The monoisotopic (exact) mass is 1380 g/mol. The van der Waals surface area contributed by atoms with Crippen LogP contribution in [0.1, 0.15) is 116 Å². The standard InChI is InChI=1S/C100H85BN4O/c1-97(2,3)70-33-23-31-64(52-70)66-43-47-82-90(56-66)103(74-54-68(62-27-15-13-16-28-62)51-69(55-74)63-29-17-14-18-30-63)92-60-75(102-86-49-45-72(99(7,8)9)58-80(86)81-59-73(100(10,11)12)46-50-87(81)102)61-93-94(92)101(82)83-48-44-67(65-32-24-34-71(53-65)98(4,5)6)57-91(83)105(93)89-42-26-38-79-78-37-25-41-88(95(78)106-96(79)89)104-84-39-21-19-35-76(84)77-36-20-22-40-85(77)104/h13-61H,1-12H3/i19D,20D,21D,22D,35D,36D,39D,40D. The van der Waals surface area contributed by atoms with Gasteiger partial charge in [0.05, 0.1) is 50.1 Å². The van der Waals surface area contributed by atoms with Crippen LogP contribution in [-0.2, 0) is 21.7 Å². The van der Waals surface area contributed by atoms with E-state index in [-0.39, 0.29) is 50.2 Å². The summed E-state index contributed by atoms with van der Waals surface area (Å²) in [4.78, 5) is 4.98. The summed E-state index contributed by atoms with van der Waals surface area (Å²) in [6, 6.07) is 87.9. The summed E-state index contributed by atoms with van der Waals surface area (Å²) in [6.07, 6.45) is 0. The topological polar surface area (TPSA) is 29.5 Å². The predicted molar refractivity (Wildman–Crippen MR) is 453 cm³/mol. The maximum atomic E-state index is 9.64. The van der Waals surface area contributed by atoms with Crippen LogP contribution in [0.2, 0.25) is 0 Å². The van der Waals surface area contributed by atoms with Crippen molar-refractivity contribution in [2.75, 3.05) is 9.80 Å². The van der Waals surface area contributed by atoms with Crippen molar-refractivity contribution in [1.82, 2.24) is 9.13 Å². The van der Waals surface area contributed by atoms with E-state index in [1.807, 2.05) is 12.1 Å². The zero-order valence-electron chi connectivity index (χ0n) is 69.9. The van der Waals surface area contributed by atoms with Crippen LogP contribution in [-0.4, -0.2) is 15.8 Å². The van der Waals surface area contributed by atoms with Crippen molar-refractivity contribution in [3.63, 3.8) is 0 Å². The Kier molecular flexibility index (Phi) is 12.7. The second kappa shape index (κ2) is 23.8. The molecule has 0 atom stereocenters. The third kappa shape index (κ3) is 10.5. The molecule has 19 rings (SSSR count). The summed E-state index contributed by atoms with van der Waals surface area (Å²) < 4.78 is 86.0. The van der Waals surface area contributed by atoms with Crippen LogP contribution in [0.4, 0.5) is 34.1 Å². The zero-order chi connectivity index (χ0) is 79.4. The summed E-state index contributed by atoms with van der Waals surface area (Å²) >= 11 is 0. The first-order chi connectivity index (χ1) is 54.4. The maximum Gasteiger partial charge on any atom is 0.252 e. The molecule has 0 radical (unpaired) electrons. The molecule has 106 heavy (non-hydrogen) atoms. The van der Waals surface area contributed by atoms with Gasteiger partial charge in [0.25, 0.3) is 6.71 Å². The molecule has 0 bridgehead atoms. The van der Waals surface area contributed by atoms with Crippen LogP contribution in [0, 0.1) is 0 Å². The number of fused-ring (bicyclic) bond motifs is 13. The summed E-state index contributed by atoms with van der Waals surface area (Å²) in [6.45, 7) is 26.9. The van der Waals surface area contributed by atoms with E-state index in [4.69, 9.17) is 9.90 Å². The highest BCUT2D eigenvalue weighted by Crippen LogP contribution is 2.52. The lowest BCUT2D eigenvalue weighted by Gasteiger charge is -2.44. The van der Waals surface area contributed by atoms with Gasteiger partial charge in [-0.3, -0.25) is 0 Å². The highest BCUT2D eigenvalue weighted by Gasteiger charge is 2.45. The molecule has 0 saturated carbocycles. The number of para-hydroxylation sites is 4. The highest BCUT2D eigenvalue weighted by atomic mass is 16.3. The molecular formula is C100H85BN4O. The van der Waals surface area contributed by atoms with Gasteiger partial charge in [-0.25, -0.2) is 0 Å². The normalized spacial score (nSPS) is 14.3. The number of anilines is 6. The lowest BCUT2D eigenvalue weighted by molar-refractivity contribution is 0.590. The summed E-state index contributed by atoms with van der Waals surface area (Å²) in [5.74, 6) is 0. The van der Waals surface area contributed by atoms with Gasteiger partial charge in [-0.2, -0.15) is 0 Å². The van der Waals surface area contributed by atoms with Crippen molar-refractivity contribution in [3.05, 3.63) is 319 Å².